The molecule has 0 bridgehead atoms. The predicted molar refractivity (Wildman–Crippen MR) is 102 cm³/mol. The van der Waals surface area contributed by atoms with Gasteiger partial charge in [0.1, 0.15) is 11.4 Å². The fourth-order valence-corrected chi connectivity index (χ4v) is 2.67. The lowest BCUT2D eigenvalue weighted by molar-refractivity contribution is 0.0728. The van der Waals surface area contributed by atoms with Crippen molar-refractivity contribution in [1.29, 1.82) is 0 Å². The molecule has 3 nitrogen and oxygen atoms in total. The van der Waals surface area contributed by atoms with Crippen LogP contribution in [0.3, 0.4) is 0 Å². The van der Waals surface area contributed by atoms with Crippen LogP contribution < -0.4 is 4.74 Å². The molecule has 25 heavy (non-hydrogen) atoms. The van der Waals surface area contributed by atoms with Crippen molar-refractivity contribution in [3.63, 3.8) is 0 Å². The van der Waals surface area contributed by atoms with Crippen molar-refractivity contribution in [3.05, 3.63) is 59.4 Å². The van der Waals surface area contributed by atoms with Crippen molar-refractivity contribution in [2.24, 2.45) is 5.92 Å². The minimum atomic E-state index is -0.408. The van der Waals surface area contributed by atoms with Crippen molar-refractivity contribution in [1.82, 2.24) is 4.98 Å². The number of unbranched alkanes of at least 4 members (excludes halogenated alkanes) is 2. The van der Waals surface area contributed by atoms with E-state index in [1.165, 1.54) is 24.0 Å². The van der Waals surface area contributed by atoms with E-state index in [0.717, 1.165) is 25.7 Å². The smallest absolute Gasteiger partial charge is 0.362 e. The fourth-order valence-electron chi connectivity index (χ4n) is 2.67. The Bertz CT molecular complexity index is 647. The zero-order valence-electron chi connectivity index (χ0n) is 15.6. The number of hydrogen-bond acceptors (Lipinski definition) is 3. The van der Waals surface area contributed by atoms with E-state index in [1.807, 2.05) is 30.3 Å². The standard InChI is InChI=1S/C22H29NO2/c1-4-6-7-8-19-11-14-21(23-16-19)22(24)25-20-12-9-18(10-13-20)15-17(3)5-2/h9-14,16-17H,4-8,15H2,1-3H3. The second kappa shape index (κ2) is 9.97. The highest BCUT2D eigenvalue weighted by Crippen LogP contribution is 2.17. The molecule has 1 atom stereocenters. The van der Waals surface area contributed by atoms with Gasteiger partial charge in [-0.25, -0.2) is 9.78 Å². The highest BCUT2D eigenvalue weighted by atomic mass is 16.5. The zero-order valence-corrected chi connectivity index (χ0v) is 15.6. The predicted octanol–water partition coefficient (Wildman–Crippen LogP) is 5.62. The van der Waals surface area contributed by atoms with Crippen LogP contribution >= 0.6 is 0 Å². The van der Waals surface area contributed by atoms with Gasteiger partial charge in [-0.05, 0) is 54.5 Å². The number of carbonyl (C=O) groups is 1. The van der Waals surface area contributed by atoms with Gasteiger partial charge in [0.25, 0.3) is 0 Å². The van der Waals surface area contributed by atoms with Gasteiger partial charge in [0.05, 0.1) is 0 Å². The molecule has 1 aromatic heterocycles. The van der Waals surface area contributed by atoms with E-state index in [4.69, 9.17) is 4.74 Å². The van der Waals surface area contributed by atoms with E-state index in [0.29, 0.717) is 17.4 Å². The number of rotatable bonds is 9. The minimum absolute atomic E-state index is 0.350. The van der Waals surface area contributed by atoms with Crippen molar-refractivity contribution >= 4 is 5.97 Å². The molecule has 1 unspecified atom stereocenters. The molecule has 0 radical (unpaired) electrons. The number of carbonyl (C=O) groups excluding carboxylic acids is 1. The van der Waals surface area contributed by atoms with Gasteiger partial charge in [0.15, 0.2) is 0 Å². The molecule has 0 spiro atoms. The Balaban J connectivity index is 1.90. The van der Waals surface area contributed by atoms with Crippen LogP contribution in [0.4, 0.5) is 0 Å². The van der Waals surface area contributed by atoms with Crippen LogP contribution in [0.15, 0.2) is 42.6 Å². The lowest BCUT2D eigenvalue weighted by Gasteiger charge is -2.09. The van der Waals surface area contributed by atoms with Gasteiger partial charge in [0, 0.05) is 6.20 Å². The van der Waals surface area contributed by atoms with Crippen LogP contribution in [-0.2, 0) is 12.8 Å². The maximum Gasteiger partial charge on any atom is 0.362 e. The van der Waals surface area contributed by atoms with Crippen molar-refractivity contribution in [3.8, 4) is 5.75 Å². The SMILES string of the molecule is CCCCCc1ccc(C(=O)Oc2ccc(CC(C)CC)cc2)nc1. The van der Waals surface area contributed by atoms with Crippen LogP contribution in [0.2, 0.25) is 0 Å². The van der Waals surface area contributed by atoms with E-state index >= 15 is 0 Å². The summed E-state index contributed by atoms with van der Waals surface area (Å²) in [7, 11) is 0. The summed E-state index contributed by atoms with van der Waals surface area (Å²) in [6.45, 7) is 6.63. The molecule has 3 heteroatoms. The number of pyridine rings is 1. The molecule has 0 fully saturated rings. The van der Waals surface area contributed by atoms with E-state index in [1.54, 1.807) is 12.3 Å². The Morgan fingerprint density at radius 1 is 1.04 bits per heavy atom. The topological polar surface area (TPSA) is 39.2 Å². The van der Waals surface area contributed by atoms with Crippen LogP contribution in [0.25, 0.3) is 0 Å². The zero-order chi connectivity index (χ0) is 18.1. The van der Waals surface area contributed by atoms with E-state index < -0.39 is 5.97 Å². The number of benzene rings is 1. The monoisotopic (exact) mass is 339 g/mol. The molecule has 0 saturated heterocycles. The van der Waals surface area contributed by atoms with Crippen molar-refractivity contribution < 1.29 is 9.53 Å². The summed E-state index contributed by atoms with van der Waals surface area (Å²) in [4.78, 5) is 16.5. The largest absolute Gasteiger partial charge is 0.422 e. The number of nitrogens with zero attached hydrogens (tertiary/aromatic N) is 1. The fraction of sp³-hybridized carbons (Fsp3) is 0.455. The molecular formula is C22H29NO2. The van der Waals surface area contributed by atoms with Crippen molar-refractivity contribution in [2.45, 2.75) is 59.3 Å². The average Bonchev–Trinajstić information content (AvgIpc) is 2.64. The molecule has 0 saturated carbocycles. The first-order chi connectivity index (χ1) is 12.1. The van der Waals surface area contributed by atoms with Gasteiger partial charge >= 0.3 is 5.97 Å². The summed E-state index contributed by atoms with van der Waals surface area (Å²) in [5.41, 5.74) is 2.78. The molecule has 2 aromatic rings. The van der Waals surface area contributed by atoms with Gasteiger partial charge in [-0.3, -0.25) is 0 Å². The van der Waals surface area contributed by atoms with Gasteiger partial charge in [0.2, 0.25) is 0 Å². The normalized spacial score (nSPS) is 12.0. The van der Waals surface area contributed by atoms with Crippen LogP contribution in [0, 0.1) is 5.92 Å². The van der Waals surface area contributed by atoms with E-state index in [2.05, 4.69) is 25.8 Å². The molecule has 1 heterocycles. The maximum absolute atomic E-state index is 12.2. The van der Waals surface area contributed by atoms with Crippen LogP contribution in [-0.4, -0.2) is 11.0 Å². The molecule has 2 rings (SSSR count). The number of hydrogen-bond donors (Lipinski definition) is 0. The number of aryl methyl sites for hydroxylation is 1. The highest BCUT2D eigenvalue weighted by molar-refractivity contribution is 5.88. The van der Waals surface area contributed by atoms with Crippen LogP contribution in [0.1, 0.15) is 68.1 Å². The molecule has 0 aliphatic carbocycles. The Morgan fingerprint density at radius 3 is 2.36 bits per heavy atom. The van der Waals surface area contributed by atoms with Gasteiger partial charge in [-0.15, -0.1) is 0 Å². The molecule has 0 aliphatic heterocycles. The molecule has 1 aromatic carbocycles. The van der Waals surface area contributed by atoms with E-state index in [-0.39, 0.29) is 0 Å². The summed E-state index contributed by atoms with van der Waals surface area (Å²) in [6, 6.07) is 11.5. The summed E-state index contributed by atoms with van der Waals surface area (Å²) in [5.74, 6) is 0.815. The molecule has 0 aliphatic rings. The third-order valence-corrected chi connectivity index (χ3v) is 4.52. The van der Waals surface area contributed by atoms with Gasteiger partial charge < -0.3 is 4.74 Å². The summed E-state index contributed by atoms with van der Waals surface area (Å²) < 4.78 is 5.42. The van der Waals surface area contributed by atoms with Gasteiger partial charge in [-0.2, -0.15) is 0 Å². The van der Waals surface area contributed by atoms with E-state index in [9.17, 15) is 4.79 Å². The Hall–Kier alpha value is -2.16. The van der Waals surface area contributed by atoms with Gasteiger partial charge in [-0.1, -0.05) is 58.2 Å². The number of ether oxygens (including phenoxy) is 1. The third-order valence-electron chi connectivity index (χ3n) is 4.52. The maximum atomic E-state index is 12.2. The first-order valence-corrected chi connectivity index (χ1v) is 9.38. The average molecular weight is 339 g/mol. The molecule has 0 N–H and O–H groups in total. The summed E-state index contributed by atoms with van der Waals surface area (Å²) in [6.07, 6.45) is 8.58. The Labute approximate surface area is 151 Å². The molecule has 134 valence electrons. The number of esters is 1. The quantitative estimate of drug-likeness (QED) is 0.338. The lowest BCUT2D eigenvalue weighted by atomic mass is 9.99. The van der Waals surface area contributed by atoms with Crippen LogP contribution in [0.5, 0.6) is 5.75 Å². The molecular weight excluding hydrogens is 310 g/mol. The Morgan fingerprint density at radius 2 is 1.76 bits per heavy atom. The second-order valence-electron chi connectivity index (χ2n) is 6.76. The molecule has 0 amide bonds. The second-order valence-corrected chi connectivity index (χ2v) is 6.76. The number of aromatic nitrogens is 1. The lowest BCUT2D eigenvalue weighted by Crippen LogP contribution is -2.10. The highest BCUT2D eigenvalue weighted by Gasteiger charge is 2.10. The first kappa shape index (κ1) is 19.2. The summed E-state index contributed by atoms with van der Waals surface area (Å²) >= 11 is 0. The third kappa shape index (κ3) is 6.33. The first-order valence-electron chi connectivity index (χ1n) is 9.38. The minimum Gasteiger partial charge on any atom is -0.422 e. The van der Waals surface area contributed by atoms with Crippen molar-refractivity contribution in [2.75, 3.05) is 0 Å². The summed E-state index contributed by atoms with van der Waals surface area (Å²) in [5, 5.41) is 0. The Kier molecular flexibility index (Phi) is 7.65.